The monoisotopic (exact) mass is 115 g/mol. The normalized spacial score (nSPS) is 23.4. The molecule has 0 aromatic heterocycles. The minimum absolute atomic E-state index is 1.35. The fraction of sp³-hybridized carbons (Fsp3) is 0. The Balaban J connectivity index is 3.25. The lowest BCUT2D eigenvalue weighted by molar-refractivity contribution is 1.56. The molecule has 1 aliphatic rings. The van der Waals surface area contributed by atoms with Crippen molar-refractivity contribution in [2.75, 3.05) is 0 Å². The molecule has 0 unspecified atom stereocenters. The lowest BCUT2D eigenvalue weighted by Crippen LogP contribution is -1.82. The molecular weight excluding hydrogens is 110 g/mol. The van der Waals surface area contributed by atoms with E-state index < -0.39 is 9.62 Å². The first-order valence-corrected chi connectivity index (χ1v) is 3.49. The summed E-state index contributed by atoms with van der Waals surface area (Å²) in [5, 5.41) is 1.49. The predicted octanol–water partition coefficient (Wildman–Crippen LogP) is 1.18. The van der Waals surface area contributed by atoms with Gasteiger partial charge in [-0.15, -0.1) is 0 Å². The van der Waals surface area contributed by atoms with E-state index in [2.05, 4.69) is 4.99 Å². The van der Waals surface area contributed by atoms with Gasteiger partial charge >= 0.3 is 0 Å². The van der Waals surface area contributed by atoms with Crippen molar-refractivity contribution in [2.24, 2.45) is 4.99 Å². The zero-order valence-electron chi connectivity index (χ0n) is 3.59. The van der Waals surface area contributed by atoms with Crippen LogP contribution in [0.4, 0.5) is 0 Å². The molecule has 0 amide bonds. The first kappa shape index (κ1) is 4.52. The number of nitrogens with zero attached hydrogens (tertiary/aromatic N) is 1. The molecule has 0 radical (unpaired) electrons. The molecule has 0 saturated carbocycles. The Morgan fingerprint density at radius 3 is 2.29 bits per heavy atom. The molecule has 0 atom stereocenters. The van der Waals surface area contributed by atoms with Crippen molar-refractivity contribution in [3.63, 3.8) is 0 Å². The molecule has 0 aliphatic carbocycles. The van der Waals surface area contributed by atoms with E-state index in [9.17, 15) is 0 Å². The van der Waals surface area contributed by atoms with Gasteiger partial charge in [-0.05, 0) is 9.62 Å². The number of hydrogen-bond donors (Lipinski definition) is 2. The van der Waals surface area contributed by atoms with Gasteiger partial charge in [0.1, 0.15) is 0 Å². The molecule has 0 spiro atoms. The van der Waals surface area contributed by atoms with Crippen LogP contribution in [0.3, 0.4) is 0 Å². The van der Waals surface area contributed by atoms with Crippen molar-refractivity contribution in [1.29, 1.82) is 9.56 Å². The fourth-order valence-electron chi connectivity index (χ4n) is 0.297. The van der Waals surface area contributed by atoms with Gasteiger partial charge < -0.3 is 0 Å². The molecule has 0 aromatic carbocycles. The van der Waals surface area contributed by atoms with Gasteiger partial charge in [0.05, 0.1) is 5.55 Å². The third-order valence-corrected chi connectivity index (χ3v) is 1.59. The van der Waals surface area contributed by atoms with E-state index in [1.54, 1.807) is 0 Å². The maximum absolute atomic E-state index is 7.00. The summed E-state index contributed by atoms with van der Waals surface area (Å²) in [5.74, 6) is 0. The summed E-state index contributed by atoms with van der Waals surface area (Å²) in [6, 6.07) is 0. The fourth-order valence-corrected chi connectivity index (χ4v) is 0.892. The van der Waals surface area contributed by atoms with E-state index in [4.69, 9.17) is 9.56 Å². The minimum Gasteiger partial charge on any atom is -0.261 e. The molecule has 0 aromatic rings. The van der Waals surface area contributed by atoms with E-state index in [0.29, 0.717) is 0 Å². The second-order valence-corrected chi connectivity index (χ2v) is 3.15. The highest BCUT2D eigenvalue weighted by Gasteiger charge is 1.92. The van der Waals surface area contributed by atoms with Gasteiger partial charge in [-0.25, -0.2) is 0 Å². The van der Waals surface area contributed by atoms with Crippen LogP contribution in [0.15, 0.2) is 16.6 Å². The molecule has 1 aliphatic heterocycles. The predicted molar refractivity (Wildman–Crippen MR) is 30.4 cm³/mol. The van der Waals surface area contributed by atoms with Crippen LogP contribution >= 0.6 is 0 Å². The lowest BCUT2D eigenvalue weighted by atomic mass is 11.1. The van der Waals surface area contributed by atoms with Crippen LogP contribution in [-0.4, -0.2) is 5.55 Å². The highest BCUT2D eigenvalue weighted by Crippen LogP contribution is 1.97. The van der Waals surface area contributed by atoms with Crippen LogP contribution in [0, 0.1) is 9.56 Å². The molecule has 4 heteroatoms. The molecule has 0 saturated heterocycles. The van der Waals surface area contributed by atoms with Crippen molar-refractivity contribution in [3.05, 3.63) is 11.6 Å². The van der Waals surface area contributed by atoms with E-state index in [-0.39, 0.29) is 0 Å². The Morgan fingerprint density at radius 2 is 2.14 bits per heavy atom. The summed E-state index contributed by atoms with van der Waals surface area (Å²) in [7, 11) is -2.02. The van der Waals surface area contributed by atoms with Crippen molar-refractivity contribution >= 4 is 15.2 Å². The van der Waals surface area contributed by atoms with Crippen LogP contribution in [0.25, 0.3) is 0 Å². The standard InChI is InChI=1S/C3H5N3S/c4-7(5)2-1-6-3-7/h1-5H. The smallest absolute Gasteiger partial charge is 0.0837 e. The summed E-state index contributed by atoms with van der Waals surface area (Å²) in [6.07, 6.45) is 1.50. The Hall–Kier alpha value is -0.640. The first-order chi connectivity index (χ1) is 3.21. The van der Waals surface area contributed by atoms with Gasteiger partial charge in [-0.3, -0.25) is 14.6 Å². The van der Waals surface area contributed by atoms with E-state index in [1.165, 1.54) is 17.2 Å². The molecule has 1 heterocycles. The average molecular weight is 115 g/mol. The maximum atomic E-state index is 7.00. The van der Waals surface area contributed by atoms with Gasteiger partial charge in [0, 0.05) is 11.6 Å². The largest absolute Gasteiger partial charge is 0.261 e. The Kier molecular flexibility index (Phi) is 0.751. The molecule has 7 heavy (non-hydrogen) atoms. The minimum atomic E-state index is -2.02. The second-order valence-electron chi connectivity index (χ2n) is 1.25. The van der Waals surface area contributed by atoms with Crippen molar-refractivity contribution in [3.8, 4) is 0 Å². The van der Waals surface area contributed by atoms with Crippen LogP contribution in [0.2, 0.25) is 0 Å². The molecule has 0 bridgehead atoms. The number of nitrogens with one attached hydrogen (secondary N) is 2. The van der Waals surface area contributed by atoms with E-state index in [0.717, 1.165) is 0 Å². The second kappa shape index (κ2) is 1.16. The molecule has 38 valence electrons. The highest BCUT2D eigenvalue weighted by atomic mass is 32.2. The van der Waals surface area contributed by atoms with Crippen molar-refractivity contribution in [1.82, 2.24) is 0 Å². The third-order valence-electron chi connectivity index (χ3n) is 0.589. The van der Waals surface area contributed by atoms with Gasteiger partial charge in [0.15, 0.2) is 0 Å². The van der Waals surface area contributed by atoms with Gasteiger partial charge in [-0.1, -0.05) is 0 Å². The average Bonchev–Trinajstić information content (AvgIpc) is 1.84. The van der Waals surface area contributed by atoms with Crippen LogP contribution in [0.5, 0.6) is 0 Å². The zero-order chi connectivity index (χ0) is 5.33. The lowest BCUT2D eigenvalue weighted by Gasteiger charge is -1.83. The molecular formula is C3H5N3S. The summed E-state index contributed by atoms with van der Waals surface area (Å²) in [6.45, 7) is 0. The summed E-state index contributed by atoms with van der Waals surface area (Å²) < 4.78 is 14.0. The summed E-state index contributed by atoms with van der Waals surface area (Å²) >= 11 is 0. The van der Waals surface area contributed by atoms with Crippen LogP contribution in [0.1, 0.15) is 0 Å². The molecule has 0 fully saturated rings. The number of rotatable bonds is 0. The molecule has 2 N–H and O–H groups in total. The molecule has 1 rings (SSSR count). The van der Waals surface area contributed by atoms with Crippen molar-refractivity contribution in [2.45, 2.75) is 0 Å². The SMILES string of the molecule is N=S1(=N)C=CN=C1. The highest BCUT2D eigenvalue weighted by molar-refractivity contribution is 8.09. The number of hydrogen-bond acceptors (Lipinski definition) is 3. The van der Waals surface area contributed by atoms with Gasteiger partial charge in [0.25, 0.3) is 0 Å². The van der Waals surface area contributed by atoms with Crippen molar-refractivity contribution < 1.29 is 0 Å². The van der Waals surface area contributed by atoms with E-state index in [1.807, 2.05) is 0 Å². The maximum Gasteiger partial charge on any atom is 0.0837 e. The van der Waals surface area contributed by atoms with Crippen LogP contribution < -0.4 is 0 Å². The molecule has 3 nitrogen and oxygen atoms in total. The topological polar surface area (TPSA) is 60.1 Å². The third kappa shape index (κ3) is 0.866. The first-order valence-electron chi connectivity index (χ1n) is 1.73. The Labute approximate surface area is 42.2 Å². The van der Waals surface area contributed by atoms with Gasteiger partial charge in [-0.2, -0.15) is 0 Å². The Morgan fingerprint density at radius 1 is 1.43 bits per heavy atom. The zero-order valence-corrected chi connectivity index (χ0v) is 4.40. The number of aliphatic imine (C=N–C) groups is 1. The Bertz CT molecular complexity index is 190. The summed E-state index contributed by atoms with van der Waals surface area (Å²) in [5.41, 5.74) is 1.35. The quantitative estimate of drug-likeness (QED) is 0.476. The van der Waals surface area contributed by atoms with Crippen LogP contribution in [-0.2, 0) is 9.62 Å². The van der Waals surface area contributed by atoms with Gasteiger partial charge in [0.2, 0.25) is 0 Å². The van der Waals surface area contributed by atoms with E-state index >= 15 is 0 Å². The summed E-state index contributed by atoms with van der Waals surface area (Å²) in [4.78, 5) is 3.59.